The number of carbonyl (C=O) groups is 1. The lowest BCUT2D eigenvalue weighted by Gasteiger charge is -2.23. The van der Waals surface area contributed by atoms with E-state index in [-0.39, 0.29) is 11.3 Å². The molecule has 1 amide bonds. The maximum atomic E-state index is 12.6. The van der Waals surface area contributed by atoms with Gasteiger partial charge in [-0.1, -0.05) is 39.0 Å². The summed E-state index contributed by atoms with van der Waals surface area (Å²) in [6.45, 7) is 8.26. The molecule has 2 aromatic rings. The van der Waals surface area contributed by atoms with Gasteiger partial charge in [0, 0.05) is 0 Å². The van der Waals surface area contributed by atoms with Gasteiger partial charge in [0.2, 0.25) is 5.91 Å². The Bertz CT molecular complexity index is 766. The normalized spacial score (nSPS) is 12.2. The molecule has 2 aromatic carbocycles. The molecule has 2 rings (SSSR count). The van der Waals surface area contributed by atoms with E-state index in [9.17, 15) is 4.79 Å². The third kappa shape index (κ3) is 4.69. The van der Waals surface area contributed by atoms with Crippen molar-refractivity contribution in [2.24, 2.45) is 0 Å². The molecule has 5 nitrogen and oxygen atoms in total. The van der Waals surface area contributed by atoms with E-state index in [1.54, 1.807) is 14.2 Å². The summed E-state index contributed by atoms with van der Waals surface area (Å²) in [6.07, 6.45) is 0. The van der Waals surface area contributed by atoms with Gasteiger partial charge in [-0.05, 0) is 42.2 Å². The minimum atomic E-state index is -0.455. The van der Waals surface area contributed by atoms with Crippen LogP contribution in [0.15, 0.2) is 42.5 Å². The van der Waals surface area contributed by atoms with E-state index < -0.39 is 6.04 Å². The third-order valence-corrected chi connectivity index (χ3v) is 4.20. The summed E-state index contributed by atoms with van der Waals surface area (Å²) in [5.41, 5.74) is 2.61. The minimum Gasteiger partial charge on any atom is -0.495 e. The van der Waals surface area contributed by atoms with Gasteiger partial charge in [-0.15, -0.1) is 0 Å². The molecule has 0 aliphatic carbocycles. The fourth-order valence-corrected chi connectivity index (χ4v) is 2.57. The van der Waals surface area contributed by atoms with Crippen LogP contribution >= 0.6 is 0 Å². The van der Waals surface area contributed by atoms with Crippen LogP contribution in [0.3, 0.4) is 0 Å². The van der Waals surface area contributed by atoms with E-state index in [1.807, 2.05) is 49.4 Å². The second-order valence-electron chi connectivity index (χ2n) is 7.22. The Morgan fingerprint density at radius 2 is 1.58 bits per heavy atom. The van der Waals surface area contributed by atoms with Crippen molar-refractivity contribution in [3.05, 3.63) is 48.0 Å². The fourth-order valence-electron chi connectivity index (χ4n) is 2.57. The zero-order valence-corrected chi connectivity index (χ0v) is 16.3. The summed E-state index contributed by atoms with van der Waals surface area (Å²) in [5, 5.41) is 6.15. The standard InChI is InChI=1S/C21H28N2O3/c1-14(20(24)23-16-9-7-8-10-18(16)25-5)22-17-13-15(21(2,3)4)11-12-19(17)26-6/h7-14,22H,1-6H3,(H,23,24)/t14-/m0/s1. The molecule has 0 spiro atoms. The van der Waals surface area contributed by atoms with Crippen LogP contribution in [0, 0.1) is 0 Å². The van der Waals surface area contributed by atoms with Crippen molar-refractivity contribution in [3.63, 3.8) is 0 Å². The number of benzene rings is 2. The molecule has 0 radical (unpaired) electrons. The molecule has 0 saturated heterocycles. The van der Waals surface area contributed by atoms with Crippen LogP contribution in [0.5, 0.6) is 11.5 Å². The number of hydrogen-bond acceptors (Lipinski definition) is 4. The average molecular weight is 356 g/mol. The maximum absolute atomic E-state index is 12.6. The first kappa shape index (κ1) is 19.6. The maximum Gasteiger partial charge on any atom is 0.246 e. The van der Waals surface area contributed by atoms with Crippen molar-refractivity contribution >= 4 is 17.3 Å². The van der Waals surface area contributed by atoms with Crippen LogP contribution in [0.1, 0.15) is 33.3 Å². The van der Waals surface area contributed by atoms with Crippen molar-refractivity contribution in [1.82, 2.24) is 0 Å². The molecule has 1 atom stereocenters. The van der Waals surface area contributed by atoms with E-state index in [2.05, 4.69) is 31.4 Å². The van der Waals surface area contributed by atoms with Gasteiger partial charge in [0.15, 0.2) is 0 Å². The number of anilines is 2. The molecule has 0 heterocycles. The Balaban J connectivity index is 2.18. The second-order valence-corrected chi connectivity index (χ2v) is 7.22. The lowest BCUT2D eigenvalue weighted by Crippen LogP contribution is -2.32. The van der Waals surface area contributed by atoms with Crippen molar-refractivity contribution in [2.45, 2.75) is 39.2 Å². The molecule has 26 heavy (non-hydrogen) atoms. The highest BCUT2D eigenvalue weighted by Crippen LogP contribution is 2.32. The van der Waals surface area contributed by atoms with Gasteiger partial charge in [-0.3, -0.25) is 4.79 Å². The van der Waals surface area contributed by atoms with E-state index in [4.69, 9.17) is 9.47 Å². The molecule has 5 heteroatoms. The Labute approximate surface area is 155 Å². The molecule has 0 aliphatic heterocycles. The van der Waals surface area contributed by atoms with Crippen LogP contribution in [0.25, 0.3) is 0 Å². The van der Waals surface area contributed by atoms with Crippen molar-refractivity contribution in [3.8, 4) is 11.5 Å². The molecule has 140 valence electrons. The molecule has 0 aliphatic rings. The third-order valence-electron chi connectivity index (χ3n) is 4.20. The Kier molecular flexibility index (Phi) is 6.14. The van der Waals surface area contributed by atoms with Crippen LogP contribution in [-0.2, 0) is 10.2 Å². The van der Waals surface area contributed by atoms with Crippen LogP contribution < -0.4 is 20.1 Å². The molecule has 2 N–H and O–H groups in total. The predicted molar refractivity (Wildman–Crippen MR) is 106 cm³/mol. The summed E-state index contributed by atoms with van der Waals surface area (Å²) in [4.78, 5) is 12.6. The largest absolute Gasteiger partial charge is 0.495 e. The van der Waals surface area contributed by atoms with E-state index >= 15 is 0 Å². The number of hydrogen-bond donors (Lipinski definition) is 2. The van der Waals surface area contributed by atoms with Gasteiger partial charge in [-0.2, -0.15) is 0 Å². The summed E-state index contributed by atoms with van der Waals surface area (Å²) in [6, 6.07) is 12.9. The Hall–Kier alpha value is -2.69. The van der Waals surface area contributed by atoms with Gasteiger partial charge >= 0.3 is 0 Å². The topological polar surface area (TPSA) is 59.6 Å². The SMILES string of the molecule is COc1ccccc1NC(=O)[C@H](C)Nc1cc(C(C)(C)C)ccc1OC. The zero-order chi connectivity index (χ0) is 19.3. The quantitative estimate of drug-likeness (QED) is 0.803. The number of para-hydroxylation sites is 2. The minimum absolute atomic E-state index is 0.00556. The first-order valence-electron chi connectivity index (χ1n) is 8.65. The van der Waals surface area contributed by atoms with Gasteiger partial charge in [0.25, 0.3) is 0 Å². The van der Waals surface area contributed by atoms with Gasteiger partial charge in [0.05, 0.1) is 25.6 Å². The number of methoxy groups -OCH3 is 2. The highest BCUT2D eigenvalue weighted by Gasteiger charge is 2.19. The molecule has 0 saturated carbocycles. The van der Waals surface area contributed by atoms with E-state index in [1.165, 1.54) is 0 Å². The highest BCUT2D eigenvalue weighted by molar-refractivity contribution is 5.97. The predicted octanol–water partition coefficient (Wildman–Crippen LogP) is 4.44. The molecule has 0 bridgehead atoms. The van der Waals surface area contributed by atoms with Crippen LogP contribution in [-0.4, -0.2) is 26.2 Å². The van der Waals surface area contributed by atoms with Crippen LogP contribution in [0.2, 0.25) is 0 Å². The highest BCUT2D eigenvalue weighted by atomic mass is 16.5. The fraction of sp³-hybridized carbons (Fsp3) is 0.381. The van der Waals surface area contributed by atoms with Crippen molar-refractivity contribution < 1.29 is 14.3 Å². The number of ether oxygens (including phenoxy) is 2. The average Bonchev–Trinajstić information content (AvgIpc) is 2.61. The first-order chi connectivity index (χ1) is 12.3. The molecule has 0 unspecified atom stereocenters. The summed E-state index contributed by atoms with van der Waals surface area (Å²) in [5.74, 6) is 1.17. The van der Waals surface area contributed by atoms with E-state index in [0.29, 0.717) is 17.2 Å². The summed E-state index contributed by atoms with van der Waals surface area (Å²) in [7, 11) is 3.20. The number of nitrogens with one attached hydrogen (secondary N) is 2. The lowest BCUT2D eigenvalue weighted by molar-refractivity contribution is -0.116. The zero-order valence-electron chi connectivity index (χ0n) is 16.3. The number of carbonyl (C=O) groups excluding carboxylic acids is 1. The van der Waals surface area contributed by atoms with E-state index in [0.717, 1.165) is 11.3 Å². The number of rotatable bonds is 6. The second kappa shape index (κ2) is 8.13. The number of amides is 1. The first-order valence-corrected chi connectivity index (χ1v) is 8.65. The van der Waals surface area contributed by atoms with Gasteiger partial charge in [0.1, 0.15) is 17.5 Å². The molecular weight excluding hydrogens is 328 g/mol. The summed E-state index contributed by atoms with van der Waals surface area (Å²) < 4.78 is 10.7. The van der Waals surface area contributed by atoms with Gasteiger partial charge < -0.3 is 20.1 Å². The van der Waals surface area contributed by atoms with Crippen molar-refractivity contribution in [1.29, 1.82) is 0 Å². The Morgan fingerprint density at radius 3 is 2.19 bits per heavy atom. The monoisotopic (exact) mass is 356 g/mol. The Morgan fingerprint density at radius 1 is 0.962 bits per heavy atom. The summed E-state index contributed by atoms with van der Waals surface area (Å²) >= 11 is 0. The molecule has 0 aromatic heterocycles. The lowest BCUT2D eigenvalue weighted by atomic mass is 9.86. The van der Waals surface area contributed by atoms with Crippen molar-refractivity contribution in [2.75, 3.05) is 24.9 Å². The van der Waals surface area contributed by atoms with Gasteiger partial charge in [-0.25, -0.2) is 0 Å². The molecule has 0 fully saturated rings. The van der Waals surface area contributed by atoms with Crippen LogP contribution in [0.4, 0.5) is 11.4 Å². The molecular formula is C21H28N2O3. The smallest absolute Gasteiger partial charge is 0.246 e.